The van der Waals surface area contributed by atoms with Crippen molar-refractivity contribution in [1.82, 2.24) is 5.32 Å². The Morgan fingerprint density at radius 3 is 2.63 bits per heavy atom. The van der Waals surface area contributed by atoms with Crippen molar-refractivity contribution in [2.45, 2.75) is 64.5 Å². The van der Waals surface area contributed by atoms with Crippen LogP contribution in [0.15, 0.2) is 36.4 Å². The van der Waals surface area contributed by atoms with Gasteiger partial charge in [-0.05, 0) is 50.2 Å². The van der Waals surface area contributed by atoms with Gasteiger partial charge in [-0.15, -0.1) is 0 Å². The molecule has 1 aromatic carbocycles. The van der Waals surface area contributed by atoms with E-state index in [0.29, 0.717) is 12.1 Å². The lowest BCUT2D eigenvalue weighted by Crippen LogP contribution is -2.32. The summed E-state index contributed by atoms with van der Waals surface area (Å²) in [6, 6.07) is 10.3. The van der Waals surface area contributed by atoms with Gasteiger partial charge in [0.15, 0.2) is 0 Å². The van der Waals surface area contributed by atoms with Gasteiger partial charge in [-0.3, -0.25) is 0 Å². The molecule has 1 aromatic rings. The molecular weight excluding hydrogens is 230 g/mol. The quantitative estimate of drug-likeness (QED) is 0.723. The molecule has 0 aromatic heterocycles. The van der Waals surface area contributed by atoms with Gasteiger partial charge in [0.05, 0.1) is 0 Å². The highest BCUT2D eigenvalue weighted by Crippen LogP contribution is 2.19. The summed E-state index contributed by atoms with van der Waals surface area (Å²) in [7, 11) is 0. The number of nitrogens with one attached hydrogen (secondary N) is 1. The van der Waals surface area contributed by atoms with E-state index < -0.39 is 0 Å². The molecule has 1 aliphatic carbocycles. The Morgan fingerprint density at radius 2 is 2.00 bits per heavy atom. The van der Waals surface area contributed by atoms with Crippen molar-refractivity contribution < 1.29 is 0 Å². The maximum absolute atomic E-state index is 3.75. The molecule has 0 heterocycles. The van der Waals surface area contributed by atoms with Crippen molar-refractivity contribution >= 4 is 0 Å². The molecule has 19 heavy (non-hydrogen) atoms. The van der Waals surface area contributed by atoms with E-state index in [2.05, 4.69) is 55.6 Å². The van der Waals surface area contributed by atoms with Crippen LogP contribution >= 0.6 is 0 Å². The zero-order chi connectivity index (χ0) is 13.5. The van der Waals surface area contributed by atoms with Crippen LogP contribution in [0.3, 0.4) is 0 Å². The van der Waals surface area contributed by atoms with E-state index in [-0.39, 0.29) is 0 Å². The van der Waals surface area contributed by atoms with Crippen molar-refractivity contribution in [2.24, 2.45) is 0 Å². The highest BCUT2D eigenvalue weighted by atomic mass is 14.9. The molecule has 1 heteroatoms. The predicted molar refractivity (Wildman–Crippen MR) is 83.4 cm³/mol. The number of hydrogen-bond acceptors (Lipinski definition) is 1. The molecule has 2 rings (SSSR count). The third-order valence-electron chi connectivity index (χ3n) is 4.05. The van der Waals surface area contributed by atoms with Gasteiger partial charge in [-0.2, -0.15) is 0 Å². The summed E-state index contributed by atoms with van der Waals surface area (Å²) in [6.45, 7) is 4.53. The van der Waals surface area contributed by atoms with Gasteiger partial charge in [0.2, 0.25) is 0 Å². The van der Waals surface area contributed by atoms with Crippen molar-refractivity contribution in [2.75, 3.05) is 0 Å². The van der Waals surface area contributed by atoms with Crippen LogP contribution in [0.5, 0.6) is 0 Å². The number of hydrogen-bond donors (Lipinski definition) is 1. The van der Waals surface area contributed by atoms with Crippen LogP contribution in [0.1, 0.15) is 63.1 Å². The molecule has 0 spiro atoms. The Kier molecular flexibility index (Phi) is 5.65. The Balaban J connectivity index is 1.87. The number of aryl methyl sites for hydroxylation is 1. The molecular formula is C18H27N. The molecule has 2 unspecified atom stereocenters. The van der Waals surface area contributed by atoms with Crippen molar-refractivity contribution in [3.63, 3.8) is 0 Å². The van der Waals surface area contributed by atoms with Crippen LogP contribution in [0.2, 0.25) is 0 Å². The summed E-state index contributed by atoms with van der Waals surface area (Å²) in [4.78, 5) is 0. The van der Waals surface area contributed by atoms with Gasteiger partial charge in [0.1, 0.15) is 0 Å². The average Bonchev–Trinajstić information content (AvgIpc) is 2.46. The molecule has 0 saturated heterocycles. The summed E-state index contributed by atoms with van der Waals surface area (Å²) in [6.07, 6.45) is 12.1. The second-order valence-corrected chi connectivity index (χ2v) is 5.71. The molecule has 0 saturated carbocycles. The number of rotatable bonds is 6. The Morgan fingerprint density at radius 1 is 1.21 bits per heavy atom. The number of benzene rings is 1. The van der Waals surface area contributed by atoms with Crippen LogP contribution in [-0.2, 0) is 6.42 Å². The van der Waals surface area contributed by atoms with E-state index >= 15 is 0 Å². The molecule has 0 radical (unpaired) electrons. The molecule has 1 nitrogen and oxygen atoms in total. The first-order chi connectivity index (χ1) is 9.29. The Hall–Kier alpha value is -1.08. The molecule has 0 bridgehead atoms. The molecule has 1 N–H and O–H groups in total. The number of unbranched alkanes of at least 4 members (excludes halogenated alkanes) is 1. The zero-order valence-electron chi connectivity index (χ0n) is 12.4. The minimum Gasteiger partial charge on any atom is -0.307 e. The molecule has 0 fully saturated rings. The Bertz CT molecular complexity index is 391. The van der Waals surface area contributed by atoms with Crippen molar-refractivity contribution in [1.29, 1.82) is 0 Å². The van der Waals surface area contributed by atoms with E-state index in [1.165, 1.54) is 49.7 Å². The van der Waals surface area contributed by atoms with Crippen molar-refractivity contribution in [3.05, 3.63) is 47.5 Å². The first-order valence-corrected chi connectivity index (χ1v) is 7.79. The van der Waals surface area contributed by atoms with Gasteiger partial charge in [0.25, 0.3) is 0 Å². The summed E-state index contributed by atoms with van der Waals surface area (Å²) in [5.74, 6) is 0. The highest BCUT2D eigenvalue weighted by Gasteiger charge is 2.13. The topological polar surface area (TPSA) is 12.0 Å². The van der Waals surface area contributed by atoms with Gasteiger partial charge in [-0.25, -0.2) is 0 Å². The fraction of sp³-hybridized carbons (Fsp3) is 0.556. The molecule has 1 aliphatic rings. The van der Waals surface area contributed by atoms with Crippen molar-refractivity contribution in [3.8, 4) is 0 Å². The standard InChI is InChI=1S/C18H27N/c1-3-4-8-16-11-13-17(14-12-16)15(2)19-18-9-6-5-7-10-18/h5-6,11-15,18-19H,3-4,7-10H2,1-2H3. The molecule has 0 aliphatic heterocycles. The molecule has 104 valence electrons. The SMILES string of the molecule is CCCCc1ccc(C(C)NC2CC=CCC2)cc1. The van der Waals surface area contributed by atoms with E-state index in [4.69, 9.17) is 0 Å². The van der Waals surface area contributed by atoms with Gasteiger partial charge < -0.3 is 5.32 Å². The zero-order valence-corrected chi connectivity index (χ0v) is 12.4. The van der Waals surface area contributed by atoms with E-state index in [9.17, 15) is 0 Å². The first-order valence-electron chi connectivity index (χ1n) is 7.79. The third kappa shape index (κ3) is 4.50. The lowest BCUT2D eigenvalue weighted by atomic mass is 9.98. The maximum atomic E-state index is 3.75. The van der Waals surface area contributed by atoms with E-state index in [1.807, 2.05) is 0 Å². The van der Waals surface area contributed by atoms with E-state index in [0.717, 1.165) is 0 Å². The highest BCUT2D eigenvalue weighted by molar-refractivity contribution is 5.25. The van der Waals surface area contributed by atoms with Crippen LogP contribution in [0.25, 0.3) is 0 Å². The van der Waals surface area contributed by atoms with Crippen LogP contribution in [0, 0.1) is 0 Å². The largest absolute Gasteiger partial charge is 0.307 e. The normalized spacial score (nSPS) is 20.4. The smallest absolute Gasteiger partial charge is 0.0294 e. The lowest BCUT2D eigenvalue weighted by molar-refractivity contribution is 0.426. The van der Waals surface area contributed by atoms with Crippen LogP contribution in [0.4, 0.5) is 0 Å². The maximum Gasteiger partial charge on any atom is 0.0294 e. The summed E-state index contributed by atoms with van der Waals surface area (Å²) in [5, 5.41) is 3.75. The Labute approximate surface area is 118 Å². The minimum absolute atomic E-state index is 0.455. The third-order valence-corrected chi connectivity index (χ3v) is 4.05. The van der Waals surface area contributed by atoms with Gasteiger partial charge >= 0.3 is 0 Å². The summed E-state index contributed by atoms with van der Waals surface area (Å²) >= 11 is 0. The molecule has 2 atom stereocenters. The van der Waals surface area contributed by atoms with E-state index in [1.54, 1.807) is 0 Å². The average molecular weight is 257 g/mol. The second kappa shape index (κ2) is 7.49. The lowest BCUT2D eigenvalue weighted by Gasteiger charge is -2.24. The summed E-state index contributed by atoms with van der Waals surface area (Å²) < 4.78 is 0. The fourth-order valence-corrected chi connectivity index (χ4v) is 2.75. The summed E-state index contributed by atoms with van der Waals surface area (Å²) in [5.41, 5.74) is 2.88. The first kappa shape index (κ1) is 14.3. The number of allylic oxidation sites excluding steroid dienone is 1. The second-order valence-electron chi connectivity index (χ2n) is 5.71. The molecule has 0 amide bonds. The fourth-order valence-electron chi connectivity index (χ4n) is 2.75. The van der Waals surface area contributed by atoms with Crippen LogP contribution < -0.4 is 5.32 Å². The monoisotopic (exact) mass is 257 g/mol. The minimum atomic E-state index is 0.455. The van der Waals surface area contributed by atoms with Gasteiger partial charge in [-0.1, -0.05) is 49.8 Å². The van der Waals surface area contributed by atoms with Gasteiger partial charge in [0, 0.05) is 12.1 Å². The van der Waals surface area contributed by atoms with Crippen LogP contribution in [-0.4, -0.2) is 6.04 Å². The predicted octanol–water partition coefficient (Wildman–Crippen LogP) is 4.79.